The minimum atomic E-state index is -3.59. The zero-order valence-corrected chi connectivity index (χ0v) is 12.7. The molecule has 1 aromatic carbocycles. The summed E-state index contributed by atoms with van der Waals surface area (Å²) in [5.41, 5.74) is 0.400. The van der Waals surface area contributed by atoms with Gasteiger partial charge in [-0.25, -0.2) is 13.1 Å². The molecule has 1 unspecified atom stereocenters. The van der Waals surface area contributed by atoms with Crippen molar-refractivity contribution in [1.29, 1.82) is 0 Å². The van der Waals surface area contributed by atoms with Gasteiger partial charge in [0.05, 0.1) is 4.90 Å². The lowest BCUT2D eigenvalue weighted by molar-refractivity contribution is 0.350. The van der Waals surface area contributed by atoms with E-state index in [1.807, 2.05) is 6.92 Å². The highest BCUT2D eigenvalue weighted by atomic mass is 32.2. The van der Waals surface area contributed by atoms with E-state index < -0.39 is 10.0 Å². The van der Waals surface area contributed by atoms with Gasteiger partial charge in [0.15, 0.2) is 0 Å². The number of sulfonamides is 1. The fourth-order valence-electron chi connectivity index (χ4n) is 1.84. The van der Waals surface area contributed by atoms with Gasteiger partial charge in [-0.15, -0.1) is 0 Å². The van der Waals surface area contributed by atoms with Gasteiger partial charge < -0.3 is 5.11 Å². The third-order valence-electron chi connectivity index (χ3n) is 2.83. The van der Waals surface area contributed by atoms with Gasteiger partial charge in [-0.05, 0) is 25.5 Å². The van der Waals surface area contributed by atoms with Crippen molar-refractivity contribution in [2.24, 2.45) is 0 Å². The molecule has 1 aromatic rings. The predicted octanol–water partition coefficient (Wildman–Crippen LogP) is 1.89. The van der Waals surface area contributed by atoms with Gasteiger partial charge in [0, 0.05) is 11.6 Å². The van der Waals surface area contributed by atoms with Crippen LogP contribution in [-0.4, -0.2) is 26.2 Å². The first kappa shape index (κ1) is 16.7. The molecule has 1 atom stereocenters. The summed E-state index contributed by atoms with van der Waals surface area (Å²) in [5.74, 6) is 5.14. The van der Waals surface area contributed by atoms with Crippen molar-refractivity contribution in [3.8, 4) is 11.8 Å². The second-order valence-corrected chi connectivity index (χ2v) is 6.30. The number of aliphatic hydroxyl groups excluding tert-OH is 1. The summed E-state index contributed by atoms with van der Waals surface area (Å²) in [7, 11) is -3.59. The second-order valence-electron chi connectivity index (χ2n) is 4.62. The monoisotopic (exact) mass is 295 g/mol. The molecule has 0 fully saturated rings. The first-order valence-corrected chi connectivity index (χ1v) is 8.20. The third kappa shape index (κ3) is 4.97. The Hall–Kier alpha value is -1.35. The van der Waals surface area contributed by atoms with E-state index in [1.54, 1.807) is 18.2 Å². The van der Waals surface area contributed by atoms with Crippen LogP contribution in [0.4, 0.5) is 0 Å². The van der Waals surface area contributed by atoms with Gasteiger partial charge in [-0.2, -0.15) is 0 Å². The zero-order valence-electron chi connectivity index (χ0n) is 11.9. The number of aliphatic hydroxyl groups is 1. The predicted molar refractivity (Wildman–Crippen MR) is 79.7 cm³/mol. The van der Waals surface area contributed by atoms with Crippen LogP contribution in [0.2, 0.25) is 0 Å². The molecule has 2 N–H and O–H groups in total. The maximum absolute atomic E-state index is 12.3. The summed E-state index contributed by atoms with van der Waals surface area (Å²) in [4.78, 5) is 0.157. The Bertz CT molecular complexity index is 585. The molecule has 1 rings (SSSR count). The standard InChI is InChI=1S/C15H21NO3S/c1-3-4-8-13(2)16-20(18,19)15-11-6-5-9-14(15)10-7-12-17/h5-6,9,11,13,16-17H,3-4,8,12H2,1-2H3. The first-order valence-electron chi connectivity index (χ1n) is 6.72. The Morgan fingerprint density at radius 2 is 2.05 bits per heavy atom. The molecular formula is C15H21NO3S. The molecule has 20 heavy (non-hydrogen) atoms. The number of unbranched alkanes of at least 4 members (excludes halogenated alkanes) is 1. The Kier molecular flexibility index (Phi) is 6.73. The molecule has 5 heteroatoms. The van der Waals surface area contributed by atoms with Crippen LogP contribution in [0.5, 0.6) is 0 Å². The minimum Gasteiger partial charge on any atom is -0.384 e. The van der Waals surface area contributed by atoms with Gasteiger partial charge in [-0.3, -0.25) is 0 Å². The van der Waals surface area contributed by atoms with Crippen molar-refractivity contribution in [2.75, 3.05) is 6.61 Å². The highest BCUT2D eigenvalue weighted by molar-refractivity contribution is 7.89. The molecule has 0 aliphatic rings. The number of benzene rings is 1. The summed E-state index contributed by atoms with van der Waals surface area (Å²) in [6.07, 6.45) is 2.82. The molecule has 0 spiro atoms. The molecule has 0 saturated heterocycles. The zero-order chi connectivity index (χ0) is 15.0. The molecule has 0 aliphatic heterocycles. The van der Waals surface area contributed by atoms with E-state index in [2.05, 4.69) is 23.5 Å². The van der Waals surface area contributed by atoms with Crippen LogP contribution in [0.15, 0.2) is 29.2 Å². The van der Waals surface area contributed by atoms with Crippen LogP contribution in [-0.2, 0) is 10.0 Å². The van der Waals surface area contributed by atoms with Gasteiger partial charge in [0.1, 0.15) is 6.61 Å². The van der Waals surface area contributed by atoms with Crippen molar-refractivity contribution in [3.05, 3.63) is 29.8 Å². The van der Waals surface area contributed by atoms with Crippen LogP contribution in [0.25, 0.3) is 0 Å². The van der Waals surface area contributed by atoms with Crippen molar-refractivity contribution in [2.45, 2.75) is 44.0 Å². The van der Waals surface area contributed by atoms with Gasteiger partial charge >= 0.3 is 0 Å². The lowest BCUT2D eigenvalue weighted by Gasteiger charge is -2.14. The molecule has 0 amide bonds. The van der Waals surface area contributed by atoms with Crippen LogP contribution in [0.1, 0.15) is 38.7 Å². The minimum absolute atomic E-state index is 0.112. The fourth-order valence-corrected chi connectivity index (χ4v) is 3.28. The largest absolute Gasteiger partial charge is 0.384 e. The highest BCUT2D eigenvalue weighted by Crippen LogP contribution is 2.15. The smallest absolute Gasteiger partial charge is 0.242 e. The molecular weight excluding hydrogens is 274 g/mol. The fraction of sp³-hybridized carbons (Fsp3) is 0.467. The third-order valence-corrected chi connectivity index (χ3v) is 4.47. The van der Waals surface area contributed by atoms with Crippen molar-refractivity contribution in [3.63, 3.8) is 0 Å². The van der Waals surface area contributed by atoms with Gasteiger partial charge in [0.2, 0.25) is 10.0 Å². The summed E-state index contributed by atoms with van der Waals surface area (Å²) in [6.45, 7) is 3.63. The van der Waals surface area contributed by atoms with Gasteiger partial charge in [-0.1, -0.05) is 43.7 Å². The van der Waals surface area contributed by atoms with E-state index in [1.165, 1.54) is 6.07 Å². The lowest BCUT2D eigenvalue weighted by Crippen LogP contribution is -2.33. The van der Waals surface area contributed by atoms with Crippen molar-refractivity contribution in [1.82, 2.24) is 4.72 Å². The van der Waals surface area contributed by atoms with Crippen LogP contribution >= 0.6 is 0 Å². The number of rotatable bonds is 6. The maximum atomic E-state index is 12.3. The van der Waals surface area contributed by atoms with E-state index in [0.29, 0.717) is 5.56 Å². The van der Waals surface area contributed by atoms with Crippen LogP contribution < -0.4 is 4.72 Å². The van der Waals surface area contributed by atoms with Crippen LogP contribution in [0, 0.1) is 11.8 Å². The van der Waals surface area contributed by atoms with E-state index in [-0.39, 0.29) is 17.5 Å². The molecule has 0 bridgehead atoms. The summed E-state index contributed by atoms with van der Waals surface area (Å²) < 4.78 is 27.4. The topological polar surface area (TPSA) is 66.4 Å². The summed E-state index contributed by atoms with van der Waals surface area (Å²) >= 11 is 0. The molecule has 0 radical (unpaired) electrons. The number of hydrogen-bond donors (Lipinski definition) is 2. The van der Waals surface area contributed by atoms with Crippen molar-refractivity contribution < 1.29 is 13.5 Å². The Labute approximate surface area is 121 Å². The SMILES string of the molecule is CCCCC(C)NS(=O)(=O)c1ccccc1C#CCO. The molecule has 0 saturated carbocycles. The normalized spacial score (nSPS) is 12.6. The highest BCUT2D eigenvalue weighted by Gasteiger charge is 2.19. The molecule has 0 heterocycles. The Balaban J connectivity index is 2.98. The average Bonchev–Trinajstić information content (AvgIpc) is 2.42. The first-order chi connectivity index (χ1) is 9.51. The molecule has 0 aromatic heterocycles. The Morgan fingerprint density at radius 1 is 1.35 bits per heavy atom. The van der Waals surface area contributed by atoms with E-state index in [9.17, 15) is 8.42 Å². The molecule has 4 nitrogen and oxygen atoms in total. The molecule has 110 valence electrons. The number of nitrogens with one attached hydrogen (secondary N) is 1. The number of hydrogen-bond acceptors (Lipinski definition) is 3. The van der Waals surface area contributed by atoms with Crippen molar-refractivity contribution >= 4 is 10.0 Å². The van der Waals surface area contributed by atoms with Gasteiger partial charge in [0.25, 0.3) is 0 Å². The quantitative estimate of drug-likeness (QED) is 0.788. The maximum Gasteiger partial charge on any atom is 0.242 e. The lowest BCUT2D eigenvalue weighted by atomic mass is 10.2. The van der Waals surface area contributed by atoms with E-state index >= 15 is 0 Å². The summed E-state index contributed by atoms with van der Waals surface area (Å²) in [5, 5.41) is 8.73. The Morgan fingerprint density at radius 3 is 2.70 bits per heavy atom. The second kappa shape index (κ2) is 8.05. The van der Waals surface area contributed by atoms with E-state index in [4.69, 9.17) is 5.11 Å². The average molecular weight is 295 g/mol. The summed E-state index contributed by atoms with van der Waals surface area (Å²) in [6, 6.07) is 6.43. The van der Waals surface area contributed by atoms with E-state index in [0.717, 1.165) is 19.3 Å². The van der Waals surface area contributed by atoms with Crippen LogP contribution in [0.3, 0.4) is 0 Å². The molecule has 0 aliphatic carbocycles.